The summed E-state index contributed by atoms with van der Waals surface area (Å²) in [4.78, 5) is 12.5. The van der Waals surface area contributed by atoms with Crippen molar-refractivity contribution in [1.82, 2.24) is 0 Å². The molecule has 0 unspecified atom stereocenters. The molecular formula is C15H11BrClFO2. The Morgan fingerprint density at radius 2 is 1.95 bits per heavy atom. The van der Waals surface area contributed by atoms with E-state index in [1.54, 1.807) is 25.1 Å². The van der Waals surface area contributed by atoms with E-state index < -0.39 is 5.82 Å². The van der Waals surface area contributed by atoms with E-state index in [1.165, 1.54) is 13.2 Å². The van der Waals surface area contributed by atoms with Crippen LogP contribution in [0.1, 0.15) is 21.5 Å². The maximum atomic E-state index is 13.4. The largest absolute Gasteiger partial charge is 0.496 e. The summed E-state index contributed by atoms with van der Waals surface area (Å²) in [7, 11) is 1.48. The van der Waals surface area contributed by atoms with Crippen LogP contribution in [0.2, 0.25) is 5.02 Å². The molecule has 0 aromatic heterocycles. The zero-order valence-electron chi connectivity index (χ0n) is 10.8. The molecule has 0 fully saturated rings. The van der Waals surface area contributed by atoms with Crippen molar-refractivity contribution >= 4 is 33.3 Å². The van der Waals surface area contributed by atoms with Gasteiger partial charge in [0.05, 0.1) is 17.7 Å². The van der Waals surface area contributed by atoms with Crippen LogP contribution in [0.5, 0.6) is 5.75 Å². The Hall–Kier alpha value is -1.39. The van der Waals surface area contributed by atoms with Crippen molar-refractivity contribution in [2.45, 2.75) is 6.92 Å². The van der Waals surface area contributed by atoms with Crippen molar-refractivity contribution in [1.29, 1.82) is 0 Å². The van der Waals surface area contributed by atoms with Crippen LogP contribution >= 0.6 is 27.5 Å². The second-order valence-corrected chi connectivity index (χ2v) is 5.58. The highest BCUT2D eigenvalue weighted by Crippen LogP contribution is 2.29. The Kier molecular flexibility index (Phi) is 4.45. The molecule has 0 radical (unpaired) electrons. The minimum atomic E-state index is -0.436. The molecule has 0 heterocycles. The first-order valence-corrected chi connectivity index (χ1v) is 6.95. The van der Waals surface area contributed by atoms with Gasteiger partial charge in [-0.05, 0) is 42.8 Å². The number of ketones is 1. The number of carbonyl (C=O) groups is 1. The van der Waals surface area contributed by atoms with Gasteiger partial charge in [-0.15, -0.1) is 0 Å². The molecule has 2 rings (SSSR count). The summed E-state index contributed by atoms with van der Waals surface area (Å²) >= 11 is 9.27. The third kappa shape index (κ3) is 2.86. The molecule has 2 nitrogen and oxygen atoms in total. The van der Waals surface area contributed by atoms with Gasteiger partial charge in [0.1, 0.15) is 11.6 Å². The quantitative estimate of drug-likeness (QED) is 0.738. The molecule has 0 N–H and O–H groups in total. The van der Waals surface area contributed by atoms with E-state index in [-0.39, 0.29) is 16.4 Å². The minimum absolute atomic E-state index is 0.0862. The summed E-state index contributed by atoms with van der Waals surface area (Å²) in [5.74, 6) is -0.306. The molecule has 0 atom stereocenters. The third-order valence-electron chi connectivity index (χ3n) is 2.90. The SMILES string of the molecule is COc1cc(Br)ccc1C(=O)c1cc(C)c(F)cc1Cl. The van der Waals surface area contributed by atoms with Crippen LogP contribution in [0.25, 0.3) is 0 Å². The average molecular weight is 358 g/mol. The molecule has 5 heteroatoms. The molecule has 2 aromatic carbocycles. The summed E-state index contributed by atoms with van der Waals surface area (Å²) in [5, 5.41) is 0.0862. The molecule has 0 aliphatic rings. The van der Waals surface area contributed by atoms with Gasteiger partial charge in [0.2, 0.25) is 0 Å². The highest BCUT2D eigenvalue weighted by molar-refractivity contribution is 9.10. The van der Waals surface area contributed by atoms with Crippen LogP contribution in [0.3, 0.4) is 0 Å². The lowest BCUT2D eigenvalue weighted by Crippen LogP contribution is -2.06. The third-order valence-corrected chi connectivity index (χ3v) is 3.71. The Morgan fingerprint density at radius 1 is 1.25 bits per heavy atom. The van der Waals surface area contributed by atoms with Crippen molar-refractivity contribution in [2.24, 2.45) is 0 Å². The normalized spacial score (nSPS) is 10.4. The Balaban J connectivity index is 2.54. The summed E-state index contributed by atoms with van der Waals surface area (Å²) in [6.07, 6.45) is 0. The van der Waals surface area contributed by atoms with Crippen molar-refractivity contribution in [2.75, 3.05) is 7.11 Å². The second-order valence-electron chi connectivity index (χ2n) is 4.25. The van der Waals surface area contributed by atoms with Gasteiger partial charge in [-0.25, -0.2) is 4.39 Å². The molecule has 0 saturated heterocycles. The Morgan fingerprint density at radius 3 is 2.60 bits per heavy atom. The van der Waals surface area contributed by atoms with E-state index in [0.717, 1.165) is 10.5 Å². The maximum Gasteiger partial charge on any atom is 0.198 e. The summed E-state index contributed by atoms with van der Waals surface area (Å²) in [5.41, 5.74) is 1.00. The predicted molar refractivity (Wildman–Crippen MR) is 80.3 cm³/mol. The molecule has 0 aliphatic carbocycles. The molecule has 0 bridgehead atoms. The van der Waals surface area contributed by atoms with E-state index >= 15 is 0 Å². The smallest absolute Gasteiger partial charge is 0.198 e. The number of benzene rings is 2. The molecule has 104 valence electrons. The van der Waals surface area contributed by atoms with Crippen molar-refractivity contribution < 1.29 is 13.9 Å². The molecule has 0 saturated carbocycles. The van der Waals surface area contributed by atoms with Gasteiger partial charge in [0.25, 0.3) is 0 Å². The fourth-order valence-electron chi connectivity index (χ4n) is 1.83. The van der Waals surface area contributed by atoms with Crippen molar-refractivity contribution in [3.63, 3.8) is 0 Å². The average Bonchev–Trinajstić information content (AvgIpc) is 2.42. The van der Waals surface area contributed by atoms with Crippen LogP contribution in [-0.4, -0.2) is 12.9 Å². The minimum Gasteiger partial charge on any atom is -0.496 e. The van der Waals surface area contributed by atoms with Crippen LogP contribution in [-0.2, 0) is 0 Å². The number of methoxy groups -OCH3 is 1. The molecule has 0 aliphatic heterocycles. The monoisotopic (exact) mass is 356 g/mol. The topological polar surface area (TPSA) is 26.3 Å². The van der Waals surface area contributed by atoms with Gasteiger partial charge in [0, 0.05) is 10.0 Å². The van der Waals surface area contributed by atoms with E-state index in [4.69, 9.17) is 16.3 Å². The molecular weight excluding hydrogens is 347 g/mol. The molecule has 0 spiro atoms. The number of rotatable bonds is 3. The first-order chi connectivity index (χ1) is 9.43. The predicted octanol–water partition coefficient (Wildman–Crippen LogP) is 4.79. The van der Waals surface area contributed by atoms with Crippen LogP contribution < -0.4 is 4.74 Å². The number of halogens is 3. The first-order valence-electron chi connectivity index (χ1n) is 5.78. The van der Waals surface area contributed by atoms with Crippen LogP contribution in [0, 0.1) is 12.7 Å². The van der Waals surface area contributed by atoms with Gasteiger partial charge in [-0.3, -0.25) is 4.79 Å². The van der Waals surface area contributed by atoms with Gasteiger partial charge in [-0.2, -0.15) is 0 Å². The first kappa shape index (κ1) is 15.0. The van der Waals surface area contributed by atoms with E-state index in [2.05, 4.69) is 15.9 Å². The van der Waals surface area contributed by atoms with E-state index in [1.807, 2.05) is 0 Å². The van der Waals surface area contributed by atoms with Gasteiger partial charge >= 0.3 is 0 Å². The number of hydrogen-bond donors (Lipinski definition) is 0. The van der Waals surface area contributed by atoms with E-state index in [9.17, 15) is 9.18 Å². The van der Waals surface area contributed by atoms with Crippen LogP contribution in [0.4, 0.5) is 4.39 Å². The molecule has 2 aromatic rings. The Bertz CT molecular complexity index is 686. The number of aryl methyl sites for hydroxylation is 1. The lowest BCUT2D eigenvalue weighted by Gasteiger charge is -2.10. The summed E-state index contributed by atoms with van der Waals surface area (Å²) in [6.45, 7) is 1.58. The van der Waals surface area contributed by atoms with Gasteiger partial charge < -0.3 is 4.74 Å². The Labute approximate surface area is 129 Å². The van der Waals surface area contributed by atoms with Crippen molar-refractivity contribution in [3.05, 3.63) is 62.3 Å². The molecule has 20 heavy (non-hydrogen) atoms. The van der Waals surface area contributed by atoms with Gasteiger partial charge in [-0.1, -0.05) is 27.5 Å². The van der Waals surface area contributed by atoms with Gasteiger partial charge in [0.15, 0.2) is 5.78 Å². The molecule has 0 amide bonds. The number of carbonyl (C=O) groups excluding carboxylic acids is 1. The maximum absolute atomic E-state index is 13.4. The highest BCUT2D eigenvalue weighted by atomic mass is 79.9. The fraction of sp³-hybridized carbons (Fsp3) is 0.133. The lowest BCUT2D eigenvalue weighted by molar-refractivity contribution is 0.103. The van der Waals surface area contributed by atoms with E-state index in [0.29, 0.717) is 16.9 Å². The second kappa shape index (κ2) is 5.94. The number of hydrogen-bond acceptors (Lipinski definition) is 2. The standard InChI is InChI=1S/C15H11BrClFO2/c1-8-5-11(12(17)7-13(8)18)15(19)10-4-3-9(16)6-14(10)20-2/h3-7H,1-2H3. The summed E-state index contributed by atoms with van der Waals surface area (Å²) < 4.78 is 19.4. The van der Waals surface area contributed by atoms with Crippen molar-refractivity contribution in [3.8, 4) is 5.75 Å². The highest BCUT2D eigenvalue weighted by Gasteiger charge is 2.18. The van der Waals surface area contributed by atoms with Crippen LogP contribution in [0.15, 0.2) is 34.8 Å². The summed E-state index contributed by atoms with van der Waals surface area (Å²) in [6, 6.07) is 7.66. The zero-order chi connectivity index (χ0) is 14.9. The number of ether oxygens (including phenoxy) is 1. The zero-order valence-corrected chi connectivity index (χ0v) is 13.2. The lowest BCUT2D eigenvalue weighted by atomic mass is 10.0. The fourth-order valence-corrected chi connectivity index (χ4v) is 2.41.